The molecule has 0 atom stereocenters. The van der Waals surface area contributed by atoms with Crippen molar-refractivity contribution in [3.63, 3.8) is 0 Å². The zero-order chi connectivity index (χ0) is 24.9. The van der Waals surface area contributed by atoms with E-state index in [0.717, 1.165) is 24.5 Å². The molecular weight excluding hydrogens is 449 g/mol. The highest BCUT2D eigenvalue weighted by Gasteiger charge is 2.33. The average molecular weight is 474 g/mol. The van der Waals surface area contributed by atoms with Crippen LogP contribution in [-0.2, 0) is 0 Å². The second-order valence-corrected chi connectivity index (χ2v) is 8.31. The van der Waals surface area contributed by atoms with Crippen LogP contribution in [-0.4, -0.2) is 42.3 Å². The van der Waals surface area contributed by atoms with Crippen LogP contribution in [0.15, 0.2) is 42.5 Å². The molecule has 3 rings (SSSR count). The Labute approximate surface area is 195 Å². The van der Waals surface area contributed by atoms with Gasteiger partial charge in [0.25, 0.3) is 5.91 Å². The third-order valence-corrected chi connectivity index (χ3v) is 5.41. The summed E-state index contributed by atoms with van der Waals surface area (Å²) in [5, 5.41) is 13.8. The van der Waals surface area contributed by atoms with Gasteiger partial charge in [0, 0.05) is 24.7 Å². The summed E-state index contributed by atoms with van der Waals surface area (Å²) in [4.78, 5) is 26.7. The van der Waals surface area contributed by atoms with Crippen LogP contribution in [0.4, 0.5) is 23.7 Å². The number of alkyl halides is 3. The normalized spacial score (nSPS) is 14.4. The van der Waals surface area contributed by atoms with Crippen molar-refractivity contribution in [2.45, 2.75) is 45.0 Å². The molecule has 2 aromatic rings. The fourth-order valence-corrected chi connectivity index (χ4v) is 3.82. The smallest absolute Gasteiger partial charge is 0.404 e. The highest BCUT2D eigenvalue weighted by atomic mass is 19.4. The topological polar surface area (TPSA) is 94.5 Å². The van der Waals surface area contributed by atoms with Gasteiger partial charge in [0.05, 0.1) is 17.3 Å². The molecule has 1 fully saturated rings. The number of hydrogen-bond acceptors (Lipinski definition) is 4. The average Bonchev–Trinajstić information content (AvgIpc) is 2.78. The number of rotatable bonds is 5. The van der Waals surface area contributed by atoms with E-state index in [2.05, 4.69) is 21.4 Å². The summed E-state index contributed by atoms with van der Waals surface area (Å²) in [6, 6.07) is 12.0. The number of benzene rings is 2. The number of carbonyl (C=O) groups is 2. The highest BCUT2D eigenvalue weighted by molar-refractivity contribution is 5.98. The molecule has 7 nitrogen and oxygen atoms in total. The highest BCUT2D eigenvalue weighted by Crippen LogP contribution is 2.33. The number of piperidine rings is 1. The quantitative estimate of drug-likeness (QED) is 0.637. The molecule has 0 saturated carbocycles. The maximum absolute atomic E-state index is 13.0. The predicted molar refractivity (Wildman–Crippen MR) is 119 cm³/mol. The van der Waals surface area contributed by atoms with Crippen molar-refractivity contribution in [2.75, 3.05) is 18.4 Å². The maximum Gasteiger partial charge on any atom is 0.573 e. The fraction of sp³-hybridized carbons (Fsp3) is 0.375. The molecule has 0 bridgehead atoms. The summed E-state index contributed by atoms with van der Waals surface area (Å²) in [5.41, 5.74) is 1.57. The predicted octanol–water partition coefficient (Wildman–Crippen LogP) is 5.01. The minimum atomic E-state index is -4.95. The zero-order valence-corrected chi connectivity index (χ0v) is 18.8. The van der Waals surface area contributed by atoms with Gasteiger partial charge in [0.2, 0.25) is 0 Å². The molecule has 1 aliphatic heterocycles. The van der Waals surface area contributed by atoms with Crippen molar-refractivity contribution >= 4 is 17.6 Å². The van der Waals surface area contributed by atoms with Crippen molar-refractivity contribution in [3.05, 3.63) is 59.2 Å². The van der Waals surface area contributed by atoms with Crippen LogP contribution in [0.3, 0.4) is 0 Å². The lowest BCUT2D eigenvalue weighted by atomic mass is 9.89. The largest absolute Gasteiger partial charge is 0.573 e. The molecule has 180 valence electrons. The van der Waals surface area contributed by atoms with Crippen LogP contribution >= 0.6 is 0 Å². The molecule has 1 heterocycles. The number of nitrogens with zero attached hydrogens (tertiary/aromatic N) is 2. The Balaban J connectivity index is 1.72. The summed E-state index contributed by atoms with van der Waals surface area (Å²) in [6.45, 7) is 4.35. The number of amides is 3. The Morgan fingerprint density at radius 3 is 2.32 bits per heavy atom. The van der Waals surface area contributed by atoms with Gasteiger partial charge in [-0.3, -0.25) is 4.79 Å². The molecule has 0 aliphatic carbocycles. The first-order valence-electron chi connectivity index (χ1n) is 10.8. The molecule has 0 aromatic heterocycles. The molecule has 0 unspecified atom stereocenters. The first-order valence-corrected chi connectivity index (χ1v) is 10.8. The number of nitriles is 1. The molecule has 2 aromatic carbocycles. The molecule has 0 spiro atoms. The fourth-order valence-electron chi connectivity index (χ4n) is 3.82. The number of anilines is 1. The lowest BCUT2D eigenvalue weighted by Crippen LogP contribution is -2.38. The van der Waals surface area contributed by atoms with E-state index in [1.54, 1.807) is 30.9 Å². The first kappa shape index (κ1) is 24.9. The Kier molecular flexibility index (Phi) is 7.66. The van der Waals surface area contributed by atoms with E-state index in [1.807, 2.05) is 12.1 Å². The van der Waals surface area contributed by atoms with Crippen molar-refractivity contribution in [1.29, 1.82) is 5.26 Å². The van der Waals surface area contributed by atoms with Crippen LogP contribution < -0.4 is 15.4 Å². The SMILES string of the molecule is CC(C)NC(=O)Nc1cc(C(=O)N2CCC(c3ccc(C#N)cc3)CC2)ccc1OC(F)(F)F. The molecule has 1 saturated heterocycles. The van der Waals surface area contributed by atoms with E-state index in [1.165, 1.54) is 12.1 Å². The van der Waals surface area contributed by atoms with Crippen molar-refractivity contribution in [1.82, 2.24) is 10.2 Å². The Morgan fingerprint density at radius 1 is 1.12 bits per heavy atom. The van der Waals surface area contributed by atoms with E-state index < -0.39 is 18.1 Å². The third kappa shape index (κ3) is 6.63. The van der Waals surface area contributed by atoms with E-state index >= 15 is 0 Å². The van der Waals surface area contributed by atoms with E-state index in [0.29, 0.717) is 18.7 Å². The number of likely N-dealkylation sites (tertiary alicyclic amines) is 1. The minimum absolute atomic E-state index is 0.145. The van der Waals surface area contributed by atoms with E-state index in [4.69, 9.17) is 5.26 Å². The summed E-state index contributed by atoms with van der Waals surface area (Å²) in [7, 11) is 0. The molecular formula is C24H25F3N4O3. The summed E-state index contributed by atoms with van der Waals surface area (Å²) in [6.07, 6.45) is -3.52. The number of ether oxygens (including phenoxy) is 1. The lowest BCUT2D eigenvalue weighted by molar-refractivity contribution is -0.274. The number of urea groups is 1. The van der Waals surface area contributed by atoms with Gasteiger partial charge in [-0.05, 0) is 68.5 Å². The van der Waals surface area contributed by atoms with Crippen LogP contribution in [0.25, 0.3) is 0 Å². The van der Waals surface area contributed by atoms with Gasteiger partial charge >= 0.3 is 12.4 Å². The number of carbonyl (C=O) groups excluding carboxylic acids is 2. The standard InChI is InChI=1S/C24H25F3N4O3/c1-15(2)29-23(33)30-20-13-19(7-8-21(20)34-24(25,26)27)22(32)31-11-9-18(10-12-31)17-5-3-16(14-28)4-6-17/h3-8,13,15,18H,9-12H2,1-2H3,(H2,29,30,33). The number of hydrogen-bond donors (Lipinski definition) is 2. The number of halogens is 3. The van der Waals surface area contributed by atoms with Crippen molar-refractivity contribution in [3.8, 4) is 11.8 Å². The van der Waals surface area contributed by atoms with E-state index in [-0.39, 0.29) is 29.1 Å². The first-order chi connectivity index (χ1) is 16.1. The van der Waals surface area contributed by atoms with E-state index in [9.17, 15) is 22.8 Å². The molecule has 2 N–H and O–H groups in total. The van der Waals surface area contributed by atoms with Crippen molar-refractivity contribution in [2.24, 2.45) is 0 Å². The summed E-state index contributed by atoms with van der Waals surface area (Å²) >= 11 is 0. The van der Waals surface area contributed by atoms with Gasteiger partial charge in [0.1, 0.15) is 0 Å². The van der Waals surface area contributed by atoms with Crippen molar-refractivity contribution < 1.29 is 27.5 Å². The van der Waals surface area contributed by atoms with Crippen LogP contribution in [0.1, 0.15) is 54.1 Å². The van der Waals surface area contributed by atoms with Gasteiger partial charge in [-0.15, -0.1) is 13.2 Å². The van der Waals surface area contributed by atoms with Gasteiger partial charge in [-0.2, -0.15) is 5.26 Å². The molecule has 1 aliphatic rings. The summed E-state index contributed by atoms with van der Waals surface area (Å²) in [5.74, 6) is -0.706. The van der Waals surface area contributed by atoms with Gasteiger partial charge in [0.15, 0.2) is 5.75 Å². The lowest BCUT2D eigenvalue weighted by Gasteiger charge is -2.32. The minimum Gasteiger partial charge on any atom is -0.404 e. The Hall–Kier alpha value is -3.74. The van der Waals surface area contributed by atoms with Crippen LogP contribution in [0.5, 0.6) is 5.75 Å². The summed E-state index contributed by atoms with van der Waals surface area (Å²) < 4.78 is 42.4. The third-order valence-electron chi connectivity index (χ3n) is 5.41. The van der Waals surface area contributed by atoms with Gasteiger partial charge < -0.3 is 20.3 Å². The van der Waals surface area contributed by atoms with Gasteiger partial charge in [-0.1, -0.05) is 12.1 Å². The second-order valence-electron chi connectivity index (χ2n) is 8.31. The Morgan fingerprint density at radius 2 is 1.76 bits per heavy atom. The molecule has 0 radical (unpaired) electrons. The molecule has 10 heteroatoms. The number of nitrogens with one attached hydrogen (secondary N) is 2. The second kappa shape index (κ2) is 10.5. The Bertz CT molecular complexity index is 1070. The van der Waals surface area contributed by atoms with Crippen LogP contribution in [0, 0.1) is 11.3 Å². The van der Waals surface area contributed by atoms with Crippen LogP contribution in [0.2, 0.25) is 0 Å². The zero-order valence-electron chi connectivity index (χ0n) is 18.8. The molecule has 3 amide bonds. The van der Waals surface area contributed by atoms with Gasteiger partial charge in [-0.25, -0.2) is 4.79 Å². The molecule has 34 heavy (non-hydrogen) atoms. The monoisotopic (exact) mass is 474 g/mol. The maximum atomic E-state index is 13.0.